The van der Waals surface area contributed by atoms with Crippen molar-refractivity contribution < 1.29 is 9.13 Å². The van der Waals surface area contributed by atoms with Crippen molar-refractivity contribution in [2.75, 3.05) is 16.5 Å². The van der Waals surface area contributed by atoms with Crippen molar-refractivity contribution in [1.29, 1.82) is 0 Å². The maximum Gasteiger partial charge on any atom is 0.137 e. The molecule has 5 nitrogen and oxygen atoms in total. The van der Waals surface area contributed by atoms with Crippen molar-refractivity contribution >= 4 is 44.6 Å². The topological polar surface area (TPSA) is 33.5 Å². The molecule has 1 aliphatic rings. The number of benzene rings is 11. The SMILES string of the molecule is CC(C)(C)c1cc(-c2cc(-c3ccccc3)cc(-c3ccc(F)cc3)c2N2CN(c3cc(Oc4ccc5c6ccccc6n(-c6cc(C(C)(C)C)ccn6)c5c4)cc(-c4c(-c5ccccc5)cccc4-c4ccccc4)c3)c3ccccc32)cc(C(C)(C)C)c1. The fourth-order valence-corrected chi connectivity index (χ4v) is 13.0. The lowest BCUT2D eigenvalue weighted by atomic mass is 9.78. The third-order valence-electron chi connectivity index (χ3n) is 17.8. The lowest BCUT2D eigenvalue weighted by molar-refractivity contribution is 0.483. The summed E-state index contributed by atoms with van der Waals surface area (Å²) in [5.41, 5.74) is 22.3. The molecule has 0 aliphatic carbocycles. The zero-order valence-electron chi connectivity index (χ0n) is 52.7. The van der Waals surface area contributed by atoms with Gasteiger partial charge in [0.1, 0.15) is 29.8 Å². The molecule has 90 heavy (non-hydrogen) atoms. The Kier molecular flexibility index (Phi) is 14.5. The number of anilines is 4. The lowest BCUT2D eigenvalue weighted by Crippen LogP contribution is -2.25. The second-order valence-corrected chi connectivity index (χ2v) is 27.0. The van der Waals surface area contributed by atoms with Crippen molar-refractivity contribution in [1.82, 2.24) is 9.55 Å². The van der Waals surface area contributed by atoms with Gasteiger partial charge in [-0.3, -0.25) is 4.57 Å². The highest BCUT2D eigenvalue weighted by molar-refractivity contribution is 6.10. The minimum absolute atomic E-state index is 0.0752. The van der Waals surface area contributed by atoms with Crippen LogP contribution in [0.15, 0.2) is 267 Å². The second kappa shape index (κ2) is 22.7. The zero-order chi connectivity index (χ0) is 62.1. The predicted molar refractivity (Wildman–Crippen MR) is 376 cm³/mol. The molecule has 2 aromatic heterocycles. The van der Waals surface area contributed by atoms with E-state index in [0.717, 1.165) is 117 Å². The lowest BCUT2D eigenvalue weighted by Gasteiger charge is -2.30. The fourth-order valence-electron chi connectivity index (χ4n) is 13.0. The number of pyridine rings is 1. The number of ether oxygens (including phenoxy) is 1. The van der Waals surface area contributed by atoms with Crippen molar-refractivity contribution in [2.24, 2.45) is 0 Å². The Morgan fingerprint density at radius 1 is 0.367 bits per heavy atom. The average Bonchev–Trinajstić information content (AvgIpc) is 1.50. The molecule has 0 saturated heterocycles. The first kappa shape index (κ1) is 57.4. The number of fused-ring (bicyclic) bond motifs is 4. The monoisotopic (exact) mass is 1170 g/mol. The first-order chi connectivity index (χ1) is 43.4. The van der Waals surface area contributed by atoms with E-state index in [2.05, 4.69) is 313 Å². The number of nitrogens with zero attached hydrogens (tertiary/aromatic N) is 4. The predicted octanol–water partition coefficient (Wildman–Crippen LogP) is 23.3. The van der Waals surface area contributed by atoms with Gasteiger partial charge in [0.2, 0.25) is 0 Å². The molecule has 13 aromatic rings. The van der Waals surface area contributed by atoms with E-state index in [4.69, 9.17) is 9.72 Å². The summed E-state index contributed by atoms with van der Waals surface area (Å²) in [7, 11) is 0. The van der Waals surface area contributed by atoms with Gasteiger partial charge in [-0.15, -0.1) is 0 Å². The van der Waals surface area contributed by atoms with Crippen LogP contribution >= 0.6 is 0 Å². The highest BCUT2D eigenvalue weighted by Crippen LogP contribution is 2.54. The summed E-state index contributed by atoms with van der Waals surface area (Å²) in [5, 5.41) is 2.26. The summed E-state index contributed by atoms with van der Waals surface area (Å²) >= 11 is 0. The Bertz CT molecular complexity index is 4740. The van der Waals surface area contributed by atoms with Crippen LogP contribution in [0.25, 0.3) is 94.4 Å². The van der Waals surface area contributed by atoms with Gasteiger partial charge in [-0.25, -0.2) is 9.37 Å². The summed E-state index contributed by atoms with van der Waals surface area (Å²) < 4.78 is 24.9. The summed E-state index contributed by atoms with van der Waals surface area (Å²) in [5.74, 6) is 1.96. The largest absolute Gasteiger partial charge is 0.457 e. The van der Waals surface area contributed by atoms with E-state index in [-0.39, 0.29) is 22.1 Å². The molecule has 14 rings (SSSR count). The Morgan fingerprint density at radius 2 is 0.911 bits per heavy atom. The number of para-hydroxylation sites is 3. The van der Waals surface area contributed by atoms with Gasteiger partial charge in [-0.2, -0.15) is 0 Å². The molecule has 6 heteroatoms. The first-order valence-electron chi connectivity index (χ1n) is 31.3. The van der Waals surface area contributed by atoms with Crippen LogP contribution in [0.1, 0.15) is 79.0 Å². The molecule has 0 radical (unpaired) electrons. The van der Waals surface area contributed by atoms with Gasteiger partial charge < -0.3 is 14.5 Å². The molecule has 0 N–H and O–H groups in total. The van der Waals surface area contributed by atoms with E-state index in [1.54, 1.807) is 12.1 Å². The van der Waals surface area contributed by atoms with Crippen LogP contribution in [-0.4, -0.2) is 16.2 Å². The highest BCUT2D eigenvalue weighted by atomic mass is 19.1. The molecule has 0 spiro atoms. The highest BCUT2D eigenvalue weighted by Gasteiger charge is 2.34. The third-order valence-corrected chi connectivity index (χ3v) is 17.8. The van der Waals surface area contributed by atoms with E-state index >= 15 is 4.39 Å². The van der Waals surface area contributed by atoms with Crippen LogP contribution in [0.2, 0.25) is 0 Å². The third kappa shape index (κ3) is 10.9. The Hall–Kier alpha value is -10.3. The van der Waals surface area contributed by atoms with Gasteiger partial charge >= 0.3 is 0 Å². The number of rotatable bonds is 11. The smallest absolute Gasteiger partial charge is 0.137 e. The molecule has 0 saturated carbocycles. The van der Waals surface area contributed by atoms with Crippen LogP contribution in [-0.2, 0) is 16.2 Å². The molecule has 0 atom stereocenters. The van der Waals surface area contributed by atoms with Gasteiger partial charge in [-0.05, 0) is 167 Å². The maximum absolute atomic E-state index is 15.2. The molecule has 11 aromatic carbocycles. The molecule has 1 aliphatic heterocycles. The Labute approximate surface area is 529 Å². The van der Waals surface area contributed by atoms with Crippen molar-refractivity contribution in [3.8, 4) is 84.1 Å². The first-order valence-corrected chi connectivity index (χ1v) is 31.3. The number of hydrogen-bond acceptors (Lipinski definition) is 4. The second-order valence-electron chi connectivity index (χ2n) is 27.0. The van der Waals surface area contributed by atoms with Crippen molar-refractivity contribution in [3.05, 3.63) is 290 Å². The standard InChI is InChI=1S/C84H73FN4O/c1-82(2,3)62-42-43-86-79(51-62)89-75-33-20-19-30-71(75)72-41-40-67(53-78(72)89)90-68-47-61(80-69(56-26-15-11-16-27-56)31-23-32-70(80)57-28-17-12-18-29-57)46-66(52-68)87-54-88(77-35-22-21-34-76(77)87)81-73(58-36-38-65(85)39-37-58)48-59(55-24-13-10-14-25-55)49-74(81)60-44-63(83(4,5)6)50-64(45-60)84(7,8)9/h10-53H,54H2,1-9H3. The molecule has 0 bridgehead atoms. The van der Waals surface area contributed by atoms with E-state index in [9.17, 15) is 0 Å². The quantitative estimate of drug-likeness (QED) is 0.129. The van der Waals surface area contributed by atoms with Crippen LogP contribution in [0.5, 0.6) is 11.5 Å². The Morgan fingerprint density at radius 3 is 1.53 bits per heavy atom. The van der Waals surface area contributed by atoms with Crippen LogP contribution in [0.3, 0.4) is 0 Å². The summed E-state index contributed by atoms with van der Waals surface area (Å²) in [6.45, 7) is 21.0. The number of hydrogen-bond donors (Lipinski definition) is 0. The number of halogens is 1. The molecular weight excluding hydrogens is 1100 g/mol. The van der Waals surface area contributed by atoms with Crippen molar-refractivity contribution in [2.45, 2.75) is 78.6 Å². The van der Waals surface area contributed by atoms with Gasteiger partial charge in [0.05, 0.1) is 28.1 Å². The summed E-state index contributed by atoms with van der Waals surface area (Å²) in [4.78, 5) is 9.93. The van der Waals surface area contributed by atoms with E-state index in [0.29, 0.717) is 18.2 Å². The summed E-state index contributed by atoms with van der Waals surface area (Å²) in [6, 6.07) is 92.5. The van der Waals surface area contributed by atoms with Crippen LogP contribution in [0.4, 0.5) is 27.1 Å². The molecule has 0 fully saturated rings. The van der Waals surface area contributed by atoms with Crippen molar-refractivity contribution in [3.63, 3.8) is 0 Å². The molecule has 0 unspecified atom stereocenters. The minimum Gasteiger partial charge on any atom is -0.457 e. The van der Waals surface area contributed by atoms with Crippen LogP contribution < -0.4 is 14.5 Å². The van der Waals surface area contributed by atoms with E-state index < -0.39 is 0 Å². The number of aromatic nitrogens is 2. The fraction of sp³-hybridized carbons (Fsp3) is 0.155. The average molecular weight is 1170 g/mol. The molecular formula is C84H73FN4O. The van der Waals surface area contributed by atoms with Gasteiger partial charge in [0, 0.05) is 45.9 Å². The van der Waals surface area contributed by atoms with Crippen LogP contribution in [0, 0.1) is 5.82 Å². The van der Waals surface area contributed by atoms with Gasteiger partial charge in [0.25, 0.3) is 0 Å². The van der Waals surface area contributed by atoms with Gasteiger partial charge in [0.15, 0.2) is 0 Å². The normalized spacial score (nSPS) is 12.7. The van der Waals surface area contributed by atoms with Gasteiger partial charge in [-0.1, -0.05) is 232 Å². The minimum atomic E-state index is -0.280. The molecule has 0 amide bonds. The maximum atomic E-state index is 15.2. The Balaban J connectivity index is 1.00. The molecule has 3 heterocycles. The zero-order valence-corrected chi connectivity index (χ0v) is 52.7. The van der Waals surface area contributed by atoms with E-state index in [1.165, 1.54) is 16.7 Å². The van der Waals surface area contributed by atoms with E-state index in [1.807, 2.05) is 18.3 Å². The molecule has 442 valence electrons. The summed E-state index contributed by atoms with van der Waals surface area (Å²) in [6.07, 6.45) is 1.93.